The summed E-state index contributed by atoms with van der Waals surface area (Å²) in [6.45, 7) is 0. The summed E-state index contributed by atoms with van der Waals surface area (Å²) >= 11 is 0. The van der Waals surface area contributed by atoms with Crippen LogP contribution in [-0.4, -0.2) is 40.2 Å². The third-order valence-electron chi connectivity index (χ3n) is 3.40. The van der Waals surface area contributed by atoms with Gasteiger partial charge in [-0.3, -0.25) is 14.8 Å². The number of methoxy groups -OCH3 is 2. The first-order valence-electron chi connectivity index (χ1n) is 7.33. The van der Waals surface area contributed by atoms with Crippen LogP contribution in [0, 0.1) is 0 Å². The number of carbonyl (C=O) groups is 1. The van der Waals surface area contributed by atoms with Gasteiger partial charge in [-0.25, -0.2) is 4.98 Å². The summed E-state index contributed by atoms with van der Waals surface area (Å²) in [7, 11) is 2.97. The number of nitrogens with zero attached hydrogens (tertiary/aromatic N) is 3. The molecular weight excluding hydrogens is 326 g/mol. The Morgan fingerprint density at radius 1 is 1.12 bits per heavy atom. The molecule has 25 heavy (non-hydrogen) atoms. The molecule has 0 saturated heterocycles. The van der Waals surface area contributed by atoms with Crippen molar-refractivity contribution in [2.45, 2.75) is 6.42 Å². The molecule has 0 fully saturated rings. The van der Waals surface area contributed by atoms with Crippen molar-refractivity contribution in [1.82, 2.24) is 15.0 Å². The van der Waals surface area contributed by atoms with Crippen molar-refractivity contribution < 1.29 is 24.1 Å². The van der Waals surface area contributed by atoms with E-state index in [1.165, 1.54) is 20.4 Å². The fourth-order valence-corrected chi connectivity index (χ4v) is 2.27. The van der Waals surface area contributed by atoms with Gasteiger partial charge in [0.2, 0.25) is 5.88 Å². The largest absolute Gasteiger partial charge is 0.495 e. The van der Waals surface area contributed by atoms with E-state index in [0.717, 1.165) is 0 Å². The minimum absolute atomic E-state index is 0.236. The zero-order chi connectivity index (χ0) is 17.8. The van der Waals surface area contributed by atoms with Crippen LogP contribution in [0.2, 0.25) is 0 Å². The van der Waals surface area contributed by atoms with E-state index < -0.39 is 5.97 Å². The number of aliphatic carboxylic acids is 1. The molecule has 8 heteroatoms. The van der Waals surface area contributed by atoms with Gasteiger partial charge in [0.15, 0.2) is 5.75 Å². The molecule has 0 bridgehead atoms. The van der Waals surface area contributed by atoms with Gasteiger partial charge < -0.3 is 19.3 Å². The zero-order valence-corrected chi connectivity index (χ0v) is 13.6. The molecule has 0 aliphatic carbocycles. The van der Waals surface area contributed by atoms with Crippen molar-refractivity contribution >= 4 is 17.0 Å². The fourth-order valence-electron chi connectivity index (χ4n) is 2.27. The van der Waals surface area contributed by atoms with Gasteiger partial charge in [0.25, 0.3) is 0 Å². The fraction of sp³-hybridized carbons (Fsp3) is 0.176. The van der Waals surface area contributed by atoms with E-state index in [-0.39, 0.29) is 6.42 Å². The van der Waals surface area contributed by atoms with Crippen molar-refractivity contribution in [1.29, 1.82) is 0 Å². The molecule has 0 atom stereocenters. The molecule has 3 heterocycles. The van der Waals surface area contributed by atoms with Crippen molar-refractivity contribution in [3.05, 3.63) is 42.4 Å². The number of hydrogen-bond acceptors (Lipinski definition) is 7. The topological polar surface area (TPSA) is 104 Å². The molecule has 0 radical (unpaired) electrons. The number of fused-ring (bicyclic) bond motifs is 1. The maximum atomic E-state index is 10.9. The Bertz CT molecular complexity index is 929. The van der Waals surface area contributed by atoms with Gasteiger partial charge in [0, 0.05) is 24.4 Å². The average molecular weight is 341 g/mol. The van der Waals surface area contributed by atoms with Crippen molar-refractivity contribution in [3.8, 4) is 23.1 Å². The Morgan fingerprint density at radius 3 is 2.68 bits per heavy atom. The highest BCUT2D eigenvalue weighted by molar-refractivity contribution is 5.81. The average Bonchev–Trinajstić information content (AvgIpc) is 2.62. The molecule has 3 aromatic heterocycles. The molecule has 0 aromatic carbocycles. The molecule has 3 aromatic rings. The summed E-state index contributed by atoms with van der Waals surface area (Å²) in [6.07, 6.45) is 2.81. The first-order chi connectivity index (χ1) is 12.1. The molecule has 0 aliphatic rings. The second-order valence-corrected chi connectivity index (χ2v) is 5.02. The molecule has 0 spiro atoms. The molecule has 0 aliphatic heterocycles. The standard InChI is InChI=1S/C17H15N3O5/c1-23-14-7-10(9-19-12(14)8-16(21)22)25-13-5-6-18-11-3-4-15(24-2)20-17(11)13/h3-7,9H,8H2,1-2H3,(H,21,22). The van der Waals surface area contributed by atoms with Crippen LogP contribution < -0.4 is 14.2 Å². The van der Waals surface area contributed by atoms with E-state index in [2.05, 4.69) is 15.0 Å². The van der Waals surface area contributed by atoms with Crippen LogP contribution in [0.25, 0.3) is 11.0 Å². The molecule has 0 amide bonds. The molecule has 8 nitrogen and oxygen atoms in total. The van der Waals surface area contributed by atoms with Crippen LogP contribution in [0.1, 0.15) is 5.69 Å². The van der Waals surface area contributed by atoms with Gasteiger partial charge in [-0.2, -0.15) is 0 Å². The lowest BCUT2D eigenvalue weighted by Gasteiger charge is -2.11. The van der Waals surface area contributed by atoms with Gasteiger partial charge >= 0.3 is 5.97 Å². The van der Waals surface area contributed by atoms with E-state index in [1.807, 2.05) is 0 Å². The van der Waals surface area contributed by atoms with Gasteiger partial charge in [0.1, 0.15) is 17.0 Å². The first-order valence-corrected chi connectivity index (χ1v) is 7.33. The molecule has 0 saturated carbocycles. The van der Waals surface area contributed by atoms with E-state index in [4.69, 9.17) is 19.3 Å². The Morgan fingerprint density at radius 2 is 1.96 bits per heavy atom. The number of aromatic nitrogens is 3. The molecule has 0 unspecified atom stereocenters. The van der Waals surface area contributed by atoms with E-state index >= 15 is 0 Å². The van der Waals surface area contributed by atoms with Crippen molar-refractivity contribution in [2.24, 2.45) is 0 Å². The van der Waals surface area contributed by atoms with E-state index in [0.29, 0.717) is 39.9 Å². The van der Waals surface area contributed by atoms with Crippen molar-refractivity contribution in [2.75, 3.05) is 14.2 Å². The summed E-state index contributed by atoms with van der Waals surface area (Å²) in [4.78, 5) is 23.6. The third-order valence-corrected chi connectivity index (χ3v) is 3.40. The Labute approximate surface area is 143 Å². The number of pyridine rings is 3. The predicted molar refractivity (Wildman–Crippen MR) is 88.3 cm³/mol. The first kappa shape index (κ1) is 16.4. The second kappa shape index (κ2) is 7.00. The van der Waals surface area contributed by atoms with E-state index in [9.17, 15) is 4.79 Å². The summed E-state index contributed by atoms with van der Waals surface area (Å²) in [5, 5.41) is 8.91. The van der Waals surface area contributed by atoms with Crippen LogP contribution in [0.4, 0.5) is 0 Å². The van der Waals surface area contributed by atoms with Crippen LogP contribution in [0.3, 0.4) is 0 Å². The number of hydrogen-bond donors (Lipinski definition) is 1. The van der Waals surface area contributed by atoms with Crippen LogP contribution in [0.5, 0.6) is 23.1 Å². The maximum absolute atomic E-state index is 10.9. The molecule has 1 N–H and O–H groups in total. The zero-order valence-electron chi connectivity index (χ0n) is 13.6. The highest BCUT2D eigenvalue weighted by atomic mass is 16.5. The summed E-state index contributed by atoms with van der Waals surface area (Å²) < 4.78 is 16.2. The van der Waals surface area contributed by atoms with Gasteiger partial charge in [0.05, 0.1) is 38.0 Å². The molecule has 128 valence electrons. The summed E-state index contributed by atoms with van der Waals surface area (Å²) in [5.41, 5.74) is 1.51. The Kier molecular flexibility index (Phi) is 4.60. The normalized spacial score (nSPS) is 10.5. The minimum atomic E-state index is -0.990. The minimum Gasteiger partial charge on any atom is -0.495 e. The van der Waals surface area contributed by atoms with E-state index in [1.54, 1.807) is 30.5 Å². The number of ether oxygens (including phenoxy) is 3. The van der Waals surface area contributed by atoms with Crippen molar-refractivity contribution in [3.63, 3.8) is 0 Å². The Balaban J connectivity index is 1.97. The van der Waals surface area contributed by atoms with Crippen LogP contribution in [0.15, 0.2) is 36.7 Å². The predicted octanol–water partition coefficient (Wildman–Crippen LogP) is 2.46. The number of carboxylic acid groups (broad SMARTS) is 1. The summed E-state index contributed by atoms with van der Waals surface area (Å²) in [6, 6.07) is 6.75. The smallest absolute Gasteiger partial charge is 0.309 e. The Hall–Kier alpha value is -3.42. The highest BCUT2D eigenvalue weighted by Crippen LogP contribution is 2.31. The molecular formula is C17H15N3O5. The van der Waals surface area contributed by atoms with Gasteiger partial charge in [-0.1, -0.05) is 0 Å². The molecule has 3 rings (SSSR count). The maximum Gasteiger partial charge on any atom is 0.309 e. The number of carboxylic acids is 1. The SMILES string of the molecule is COc1ccc2nccc(Oc3cnc(CC(=O)O)c(OC)c3)c2n1. The summed E-state index contributed by atoms with van der Waals surface area (Å²) in [5.74, 6) is 0.652. The quantitative estimate of drug-likeness (QED) is 0.729. The highest BCUT2D eigenvalue weighted by Gasteiger charge is 2.13. The lowest BCUT2D eigenvalue weighted by molar-refractivity contribution is -0.136. The monoisotopic (exact) mass is 341 g/mol. The van der Waals surface area contributed by atoms with Gasteiger partial charge in [-0.15, -0.1) is 0 Å². The lowest BCUT2D eigenvalue weighted by Crippen LogP contribution is -2.05. The van der Waals surface area contributed by atoms with Crippen LogP contribution in [-0.2, 0) is 11.2 Å². The third kappa shape index (κ3) is 3.57. The second-order valence-electron chi connectivity index (χ2n) is 5.02. The van der Waals surface area contributed by atoms with Crippen LogP contribution >= 0.6 is 0 Å². The number of rotatable bonds is 6. The van der Waals surface area contributed by atoms with Gasteiger partial charge in [-0.05, 0) is 6.07 Å². The lowest BCUT2D eigenvalue weighted by atomic mass is 10.2.